The largest absolute Gasteiger partial charge is 0.481 e. The Bertz CT molecular complexity index is 1070. The van der Waals surface area contributed by atoms with Crippen LogP contribution in [0.2, 0.25) is 0 Å². The van der Waals surface area contributed by atoms with Crippen LogP contribution in [0.15, 0.2) is 41.7 Å². The van der Waals surface area contributed by atoms with E-state index >= 15 is 0 Å². The molecular formula is C24H32N6O2S. The number of ether oxygens (including phenoxy) is 1. The minimum Gasteiger partial charge on any atom is -0.481 e. The highest BCUT2D eigenvalue weighted by atomic mass is 32.2. The van der Waals surface area contributed by atoms with Crippen molar-refractivity contribution >= 4 is 34.5 Å². The summed E-state index contributed by atoms with van der Waals surface area (Å²) in [4.78, 5) is 24.5. The van der Waals surface area contributed by atoms with Crippen LogP contribution in [-0.4, -0.2) is 56.6 Å². The molecule has 1 amide bonds. The zero-order chi connectivity index (χ0) is 23.2. The number of hydrogen-bond donors (Lipinski definition) is 1. The van der Waals surface area contributed by atoms with Crippen molar-refractivity contribution in [3.63, 3.8) is 0 Å². The van der Waals surface area contributed by atoms with Crippen molar-refractivity contribution in [1.82, 2.24) is 25.1 Å². The molecule has 1 N–H and O–H groups in total. The summed E-state index contributed by atoms with van der Waals surface area (Å²) in [5.41, 5.74) is 0.816. The number of piperidine rings is 1. The van der Waals surface area contributed by atoms with Gasteiger partial charge in [0.05, 0.1) is 18.1 Å². The molecule has 2 aromatic heterocycles. The molecule has 176 valence electrons. The van der Waals surface area contributed by atoms with E-state index in [1.165, 1.54) is 19.3 Å². The van der Waals surface area contributed by atoms with Gasteiger partial charge in [0.15, 0.2) is 16.9 Å². The zero-order valence-corrected chi connectivity index (χ0v) is 20.3. The Hall–Kier alpha value is -2.81. The maximum Gasteiger partial charge on any atom is 0.260 e. The van der Waals surface area contributed by atoms with Crippen LogP contribution in [0, 0.1) is 0 Å². The van der Waals surface area contributed by atoms with Crippen molar-refractivity contribution in [2.75, 3.05) is 24.5 Å². The molecule has 1 aromatic carbocycles. The molecule has 0 spiro atoms. The number of amides is 1. The van der Waals surface area contributed by atoms with Crippen molar-refractivity contribution in [2.24, 2.45) is 0 Å². The van der Waals surface area contributed by atoms with Gasteiger partial charge >= 0.3 is 0 Å². The summed E-state index contributed by atoms with van der Waals surface area (Å²) in [7, 11) is 0. The van der Waals surface area contributed by atoms with E-state index < -0.39 is 6.10 Å². The number of anilines is 1. The molecule has 0 radical (unpaired) electrons. The second-order valence-electron chi connectivity index (χ2n) is 8.51. The number of nitrogens with one attached hydrogen (secondary N) is 1. The van der Waals surface area contributed by atoms with Gasteiger partial charge in [-0.2, -0.15) is 5.10 Å². The Balaban J connectivity index is 1.45. The lowest BCUT2D eigenvalue weighted by atomic mass is 10.1. The van der Waals surface area contributed by atoms with Crippen LogP contribution in [0.4, 0.5) is 5.82 Å². The predicted octanol–water partition coefficient (Wildman–Crippen LogP) is 3.90. The highest BCUT2D eigenvalue weighted by Gasteiger charge is 2.21. The van der Waals surface area contributed by atoms with Gasteiger partial charge in [0.25, 0.3) is 5.91 Å². The molecule has 1 aliphatic heterocycles. The minimum absolute atomic E-state index is 0.157. The Morgan fingerprint density at radius 1 is 1.12 bits per heavy atom. The first kappa shape index (κ1) is 23.4. The molecule has 4 rings (SSSR count). The summed E-state index contributed by atoms with van der Waals surface area (Å²) < 4.78 is 7.57. The number of nitrogens with zero attached hydrogens (tertiary/aromatic N) is 5. The Labute approximate surface area is 199 Å². The molecule has 8 nitrogen and oxygen atoms in total. The molecule has 1 atom stereocenters. The summed E-state index contributed by atoms with van der Waals surface area (Å²) in [6.45, 7) is 9.02. The number of benzene rings is 1. The maximum atomic E-state index is 12.5. The smallest absolute Gasteiger partial charge is 0.260 e. The van der Waals surface area contributed by atoms with E-state index in [2.05, 4.69) is 29.2 Å². The number of thioether (sulfide) groups is 1. The molecule has 1 aliphatic rings. The molecule has 33 heavy (non-hydrogen) atoms. The molecule has 1 saturated heterocycles. The van der Waals surface area contributed by atoms with E-state index in [9.17, 15) is 4.79 Å². The summed E-state index contributed by atoms with van der Waals surface area (Å²) in [5, 5.41) is 9.65. The van der Waals surface area contributed by atoms with Crippen molar-refractivity contribution in [1.29, 1.82) is 0 Å². The van der Waals surface area contributed by atoms with Gasteiger partial charge in [-0.15, -0.1) is 0 Å². The number of hydrogen-bond acceptors (Lipinski definition) is 7. The third-order valence-electron chi connectivity index (χ3n) is 5.50. The van der Waals surface area contributed by atoms with E-state index in [0.29, 0.717) is 24.1 Å². The third-order valence-corrected chi connectivity index (χ3v) is 6.37. The van der Waals surface area contributed by atoms with Gasteiger partial charge in [0, 0.05) is 24.9 Å². The van der Waals surface area contributed by atoms with E-state index in [0.717, 1.165) is 35.1 Å². The van der Waals surface area contributed by atoms with Gasteiger partial charge in [0.1, 0.15) is 11.6 Å². The standard InChI is InChI=1S/C24H32N6O2S/c1-17(2)33-24-27-21(29-13-8-5-9-14-29)20-16-26-30(22(20)28-24)15-12-25-23(31)18(3)32-19-10-6-4-7-11-19/h4,6-7,10-11,16-18H,5,8-9,12-15H2,1-3H3,(H,25,31). The molecule has 0 bridgehead atoms. The molecule has 0 saturated carbocycles. The normalized spacial score (nSPS) is 15.1. The highest BCUT2D eigenvalue weighted by molar-refractivity contribution is 7.99. The highest BCUT2D eigenvalue weighted by Crippen LogP contribution is 2.30. The molecular weight excluding hydrogens is 436 g/mol. The van der Waals surface area contributed by atoms with Crippen LogP contribution < -0.4 is 15.0 Å². The quantitative estimate of drug-likeness (QED) is 0.377. The van der Waals surface area contributed by atoms with Crippen LogP contribution in [0.5, 0.6) is 5.75 Å². The zero-order valence-electron chi connectivity index (χ0n) is 19.5. The number of para-hydroxylation sites is 1. The molecule has 3 aromatic rings. The summed E-state index contributed by atoms with van der Waals surface area (Å²) in [6, 6.07) is 9.36. The maximum absolute atomic E-state index is 12.5. The first-order valence-electron chi connectivity index (χ1n) is 11.7. The minimum atomic E-state index is -0.580. The molecule has 1 unspecified atom stereocenters. The lowest BCUT2D eigenvalue weighted by Gasteiger charge is -2.28. The average molecular weight is 469 g/mol. The summed E-state index contributed by atoms with van der Waals surface area (Å²) >= 11 is 1.66. The SMILES string of the molecule is CC(C)Sc1nc(N2CCCCC2)c2cnn(CCNC(=O)C(C)Oc3ccccc3)c2n1. The molecule has 0 aliphatic carbocycles. The van der Waals surface area contributed by atoms with Crippen LogP contribution >= 0.6 is 11.8 Å². The fourth-order valence-electron chi connectivity index (χ4n) is 3.88. The second-order valence-corrected chi connectivity index (χ2v) is 10.1. The lowest BCUT2D eigenvalue weighted by molar-refractivity contribution is -0.127. The number of fused-ring (bicyclic) bond motifs is 1. The van der Waals surface area contributed by atoms with Crippen LogP contribution in [0.25, 0.3) is 11.0 Å². The Morgan fingerprint density at radius 3 is 2.61 bits per heavy atom. The van der Waals surface area contributed by atoms with Gasteiger partial charge in [-0.1, -0.05) is 43.8 Å². The first-order valence-corrected chi connectivity index (χ1v) is 12.5. The fraction of sp³-hybridized carbons (Fsp3) is 0.500. The number of aromatic nitrogens is 4. The number of rotatable bonds is 9. The van der Waals surface area contributed by atoms with Crippen molar-refractivity contribution < 1.29 is 9.53 Å². The van der Waals surface area contributed by atoms with Gasteiger partial charge in [-0.25, -0.2) is 14.6 Å². The van der Waals surface area contributed by atoms with Crippen molar-refractivity contribution in [2.45, 2.75) is 63.1 Å². The molecule has 1 fully saturated rings. The molecule has 3 heterocycles. The van der Waals surface area contributed by atoms with E-state index in [1.54, 1.807) is 18.7 Å². The Morgan fingerprint density at radius 2 is 1.88 bits per heavy atom. The average Bonchev–Trinajstić information content (AvgIpc) is 3.22. The fourth-order valence-corrected chi connectivity index (χ4v) is 4.58. The van der Waals surface area contributed by atoms with Gasteiger partial charge in [-0.05, 0) is 38.3 Å². The topological polar surface area (TPSA) is 85.2 Å². The lowest BCUT2D eigenvalue weighted by Crippen LogP contribution is -2.38. The molecule has 9 heteroatoms. The van der Waals surface area contributed by atoms with Gasteiger partial charge < -0.3 is 15.0 Å². The van der Waals surface area contributed by atoms with Gasteiger partial charge in [-0.3, -0.25) is 4.79 Å². The van der Waals surface area contributed by atoms with Crippen LogP contribution in [-0.2, 0) is 11.3 Å². The van der Waals surface area contributed by atoms with Crippen molar-refractivity contribution in [3.05, 3.63) is 36.5 Å². The van der Waals surface area contributed by atoms with Crippen molar-refractivity contribution in [3.8, 4) is 5.75 Å². The van der Waals surface area contributed by atoms with Crippen LogP contribution in [0.3, 0.4) is 0 Å². The van der Waals surface area contributed by atoms with Gasteiger partial charge in [0.2, 0.25) is 0 Å². The Kier molecular flexibility index (Phi) is 7.69. The van der Waals surface area contributed by atoms with E-state index in [-0.39, 0.29) is 5.91 Å². The first-order chi connectivity index (χ1) is 16.0. The van der Waals surface area contributed by atoms with E-state index in [1.807, 2.05) is 41.2 Å². The predicted molar refractivity (Wildman–Crippen MR) is 132 cm³/mol. The second kappa shape index (κ2) is 10.9. The third kappa shape index (κ3) is 5.96. The number of carbonyl (C=O) groups is 1. The van der Waals surface area contributed by atoms with Crippen LogP contribution in [0.1, 0.15) is 40.0 Å². The summed E-state index contributed by atoms with van der Waals surface area (Å²) in [6.07, 6.45) is 4.91. The monoisotopic (exact) mass is 468 g/mol. The van der Waals surface area contributed by atoms with E-state index in [4.69, 9.17) is 14.7 Å². The summed E-state index contributed by atoms with van der Waals surface area (Å²) in [5.74, 6) is 1.49. The number of carbonyl (C=O) groups excluding carboxylic acids is 1.